The predicted octanol–water partition coefficient (Wildman–Crippen LogP) is 3.74. The summed E-state index contributed by atoms with van der Waals surface area (Å²) in [5, 5.41) is 0.572. The first-order valence-electron chi connectivity index (χ1n) is 9.52. The number of ketones is 1. The molecule has 0 saturated heterocycles. The molecular formula is C20H36N2O7. The van der Waals surface area contributed by atoms with Gasteiger partial charge in [0.15, 0.2) is 5.78 Å². The lowest BCUT2D eigenvalue weighted by Gasteiger charge is -2.40. The minimum Gasteiger partial charge on any atom is -0.458 e. The maximum Gasteiger partial charge on any atom is 0.430 e. The lowest BCUT2D eigenvalue weighted by atomic mass is 9.90. The second kappa shape index (κ2) is 9.00. The highest BCUT2D eigenvalue weighted by atomic mass is 16.6. The van der Waals surface area contributed by atoms with Crippen LogP contribution in [0.25, 0.3) is 0 Å². The Bertz CT molecular complexity index is 639. The van der Waals surface area contributed by atoms with E-state index in [1.807, 2.05) is 0 Å². The Morgan fingerprint density at radius 3 is 1.48 bits per heavy atom. The molecular weight excluding hydrogens is 380 g/mol. The van der Waals surface area contributed by atoms with E-state index in [1.54, 1.807) is 62.3 Å². The average Bonchev–Trinajstić information content (AvgIpc) is 2.41. The fourth-order valence-electron chi connectivity index (χ4n) is 2.30. The number of hydrogen-bond acceptors (Lipinski definition) is 7. The van der Waals surface area contributed by atoms with Gasteiger partial charge in [-0.2, -0.15) is 5.01 Å². The van der Waals surface area contributed by atoms with Crippen LogP contribution in [0.3, 0.4) is 0 Å². The van der Waals surface area contributed by atoms with E-state index in [0.29, 0.717) is 5.01 Å². The highest BCUT2D eigenvalue weighted by molar-refractivity contribution is 6.09. The van der Waals surface area contributed by atoms with Gasteiger partial charge < -0.3 is 14.2 Å². The zero-order chi connectivity index (χ0) is 23.4. The first kappa shape index (κ1) is 26.7. The number of ether oxygens (including phenoxy) is 3. The van der Waals surface area contributed by atoms with Crippen molar-refractivity contribution in [3.05, 3.63) is 0 Å². The number of carbonyl (C=O) groups excluding carboxylic acids is 4. The van der Waals surface area contributed by atoms with Gasteiger partial charge in [0, 0.05) is 0 Å². The van der Waals surface area contributed by atoms with Gasteiger partial charge in [0.05, 0.1) is 0 Å². The van der Waals surface area contributed by atoms with Crippen molar-refractivity contribution in [2.45, 2.75) is 105 Å². The summed E-state index contributed by atoms with van der Waals surface area (Å²) in [4.78, 5) is 51.0. The van der Waals surface area contributed by atoms with E-state index in [1.165, 1.54) is 6.92 Å². The zero-order valence-corrected chi connectivity index (χ0v) is 19.5. The minimum absolute atomic E-state index is 0.160. The first-order chi connectivity index (χ1) is 12.7. The minimum atomic E-state index is -2.13. The molecule has 0 saturated carbocycles. The van der Waals surface area contributed by atoms with Crippen LogP contribution in [0.2, 0.25) is 0 Å². The van der Waals surface area contributed by atoms with Gasteiger partial charge in [-0.1, -0.05) is 6.92 Å². The highest BCUT2D eigenvalue weighted by Crippen LogP contribution is 2.27. The summed E-state index contributed by atoms with van der Waals surface area (Å²) in [6.45, 7) is 17.3. The normalized spacial score (nSPS) is 14.3. The lowest BCUT2D eigenvalue weighted by molar-refractivity contribution is -0.174. The van der Waals surface area contributed by atoms with Crippen molar-refractivity contribution in [1.82, 2.24) is 10.4 Å². The van der Waals surface area contributed by atoms with Gasteiger partial charge in [-0.3, -0.25) is 4.79 Å². The summed E-state index contributed by atoms with van der Waals surface area (Å²) in [5.41, 5.74) is -2.68. The number of carbonyl (C=O) groups is 4. The maximum atomic E-state index is 13.0. The quantitative estimate of drug-likeness (QED) is 0.321. The molecule has 2 amide bonds. The molecule has 0 spiro atoms. The molecule has 0 aliphatic heterocycles. The van der Waals surface area contributed by atoms with Crippen LogP contribution in [-0.4, -0.2) is 51.3 Å². The zero-order valence-electron chi connectivity index (χ0n) is 19.5. The molecule has 0 bridgehead atoms. The number of hydrazine groups is 1. The second-order valence-corrected chi connectivity index (χ2v) is 9.70. The molecule has 168 valence electrons. The Morgan fingerprint density at radius 1 is 0.759 bits per heavy atom. The van der Waals surface area contributed by atoms with Crippen LogP contribution in [0.15, 0.2) is 0 Å². The SMILES string of the molecule is CC[C@](C(C)=O)(C(=O)OC(C)(C)C)N(NC(=O)OC(C)(C)C)C(=O)OC(C)(C)C. The number of nitrogens with zero attached hydrogens (tertiary/aromatic N) is 1. The number of rotatable bonds is 4. The third kappa shape index (κ3) is 8.29. The van der Waals surface area contributed by atoms with Crippen LogP contribution in [0.5, 0.6) is 0 Å². The molecule has 0 aromatic rings. The summed E-state index contributed by atoms with van der Waals surface area (Å²) >= 11 is 0. The Morgan fingerprint density at radius 2 is 1.17 bits per heavy atom. The van der Waals surface area contributed by atoms with Crippen LogP contribution >= 0.6 is 0 Å². The molecule has 0 fully saturated rings. The van der Waals surface area contributed by atoms with Crippen molar-refractivity contribution in [2.24, 2.45) is 0 Å². The van der Waals surface area contributed by atoms with Gasteiger partial charge in [0.2, 0.25) is 5.54 Å². The maximum absolute atomic E-state index is 13.0. The molecule has 0 unspecified atom stereocenters. The average molecular weight is 417 g/mol. The standard InChI is InChI=1S/C20H36N2O7/c1-12-20(13(2)23,14(24)27-17(3,4)5)22(16(26)29-19(9,10)11)21-15(25)28-18(6,7)8/h12H2,1-11H3,(H,21,25)/t20-/m0/s1. The Balaban J connectivity index is 6.35. The number of amides is 2. The van der Waals surface area contributed by atoms with Gasteiger partial charge in [-0.25, -0.2) is 19.8 Å². The largest absolute Gasteiger partial charge is 0.458 e. The molecule has 9 nitrogen and oxygen atoms in total. The van der Waals surface area contributed by atoms with Crippen molar-refractivity contribution in [3.63, 3.8) is 0 Å². The van der Waals surface area contributed by atoms with Gasteiger partial charge in [-0.05, 0) is 75.7 Å². The molecule has 0 aromatic heterocycles. The molecule has 0 aromatic carbocycles. The van der Waals surface area contributed by atoms with E-state index >= 15 is 0 Å². The molecule has 9 heteroatoms. The van der Waals surface area contributed by atoms with Gasteiger partial charge >= 0.3 is 18.2 Å². The van der Waals surface area contributed by atoms with E-state index in [9.17, 15) is 19.2 Å². The van der Waals surface area contributed by atoms with Crippen LogP contribution in [0, 0.1) is 0 Å². The van der Waals surface area contributed by atoms with Crippen LogP contribution in [-0.2, 0) is 23.8 Å². The molecule has 0 aliphatic carbocycles. The summed E-state index contributed by atoms with van der Waals surface area (Å²) < 4.78 is 15.9. The molecule has 29 heavy (non-hydrogen) atoms. The van der Waals surface area contributed by atoms with E-state index in [-0.39, 0.29) is 6.42 Å². The summed E-state index contributed by atoms with van der Waals surface area (Å²) in [5.74, 6) is -1.68. The molecule has 1 atom stereocenters. The van der Waals surface area contributed by atoms with Crippen LogP contribution < -0.4 is 5.43 Å². The number of nitrogens with one attached hydrogen (secondary N) is 1. The number of hydrogen-bond donors (Lipinski definition) is 1. The van der Waals surface area contributed by atoms with Crippen molar-refractivity contribution in [1.29, 1.82) is 0 Å². The van der Waals surface area contributed by atoms with E-state index < -0.39 is 46.3 Å². The first-order valence-corrected chi connectivity index (χ1v) is 9.52. The van der Waals surface area contributed by atoms with Crippen molar-refractivity contribution in [2.75, 3.05) is 0 Å². The smallest absolute Gasteiger partial charge is 0.430 e. The fourth-order valence-corrected chi connectivity index (χ4v) is 2.30. The predicted molar refractivity (Wildman–Crippen MR) is 107 cm³/mol. The number of esters is 1. The van der Waals surface area contributed by atoms with Crippen molar-refractivity contribution in [3.8, 4) is 0 Å². The molecule has 0 aliphatic rings. The Hall–Kier alpha value is -2.32. The van der Waals surface area contributed by atoms with Crippen molar-refractivity contribution < 1.29 is 33.4 Å². The number of Topliss-reactive ketones (excluding diaryl/α,β-unsaturated/α-hetero) is 1. The Kier molecular flexibility index (Phi) is 8.28. The molecule has 0 heterocycles. The Labute approximate surface area is 173 Å². The van der Waals surface area contributed by atoms with Gasteiger partial charge in [0.25, 0.3) is 0 Å². The molecule has 0 rings (SSSR count). The summed E-state index contributed by atoms with van der Waals surface area (Å²) in [7, 11) is 0. The molecule has 1 N–H and O–H groups in total. The van der Waals surface area contributed by atoms with Crippen LogP contribution in [0.4, 0.5) is 9.59 Å². The topological polar surface area (TPSA) is 111 Å². The van der Waals surface area contributed by atoms with E-state index in [0.717, 1.165) is 6.92 Å². The third-order valence-electron chi connectivity index (χ3n) is 3.39. The fraction of sp³-hybridized carbons (Fsp3) is 0.800. The monoisotopic (exact) mass is 416 g/mol. The highest BCUT2D eigenvalue weighted by Gasteiger charge is 2.54. The lowest BCUT2D eigenvalue weighted by Crippen LogP contribution is -2.68. The molecule has 0 radical (unpaired) electrons. The van der Waals surface area contributed by atoms with Gasteiger partial charge in [-0.15, -0.1) is 0 Å². The summed E-state index contributed by atoms with van der Waals surface area (Å²) in [6.07, 6.45) is -2.27. The van der Waals surface area contributed by atoms with E-state index in [2.05, 4.69) is 5.43 Å². The summed E-state index contributed by atoms with van der Waals surface area (Å²) in [6, 6.07) is 0. The van der Waals surface area contributed by atoms with Gasteiger partial charge in [0.1, 0.15) is 16.8 Å². The van der Waals surface area contributed by atoms with E-state index in [4.69, 9.17) is 14.2 Å². The third-order valence-corrected chi connectivity index (χ3v) is 3.39. The van der Waals surface area contributed by atoms with Crippen LogP contribution in [0.1, 0.15) is 82.6 Å². The van der Waals surface area contributed by atoms with Crippen molar-refractivity contribution >= 4 is 23.9 Å². The second-order valence-electron chi connectivity index (χ2n) is 9.70.